The second-order valence-electron chi connectivity index (χ2n) is 5.71. The zero-order valence-corrected chi connectivity index (χ0v) is 12.9. The highest BCUT2D eigenvalue weighted by Gasteiger charge is 2.26. The minimum absolute atomic E-state index is 0.0300. The van der Waals surface area contributed by atoms with Crippen molar-refractivity contribution >= 4 is 10.0 Å². The van der Waals surface area contributed by atoms with Gasteiger partial charge in [0, 0.05) is 29.1 Å². The molecule has 0 bridgehead atoms. The van der Waals surface area contributed by atoms with Gasteiger partial charge in [0.2, 0.25) is 10.0 Å². The fraction of sp³-hybridized carbons (Fsp3) is 0.267. The van der Waals surface area contributed by atoms with Gasteiger partial charge < -0.3 is 0 Å². The number of nitrogens with one attached hydrogen (secondary N) is 1. The lowest BCUT2D eigenvalue weighted by Gasteiger charge is -2.21. The number of hydrogen-bond donors (Lipinski definition) is 1. The molecule has 2 aromatic rings. The standard InChI is InChI=1S/C15H17FN2O2S/c1-15(2,3)18-21(19,20)13-8-4-7-12(16)14(13)11-6-5-9-17-10-11/h4-10,18H,1-3H3. The van der Waals surface area contributed by atoms with Gasteiger partial charge in [-0.3, -0.25) is 4.98 Å². The van der Waals surface area contributed by atoms with Crippen molar-refractivity contribution in [1.82, 2.24) is 9.71 Å². The smallest absolute Gasteiger partial charge is 0.241 e. The minimum Gasteiger partial charge on any atom is -0.264 e. The maximum Gasteiger partial charge on any atom is 0.241 e. The Labute approximate surface area is 124 Å². The van der Waals surface area contributed by atoms with Gasteiger partial charge in [-0.25, -0.2) is 17.5 Å². The average molecular weight is 308 g/mol. The lowest BCUT2D eigenvalue weighted by molar-refractivity contribution is 0.491. The van der Waals surface area contributed by atoms with Crippen molar-refractivity contribution < 1.29 is 12.8 Å². The third-order valence-corrected chi connectivity index (χ3v) is 4.46. The van der Waals surface area contributed by atoms with Crippen LogP contribution in [0, 0.1) is 5.82 Å². The number of hydrogen-bond acceptors (Lipinski definition) is 3. The number of pyridine rings is 1. The SMILES string of the molecule is CC(C)(C)NS(=O)(=O)c1cccc(F)c1-c1cccnc1. The summed E-state index contributed by atoms with van der Waals surface area (Å²) in [4.78, 5) is 3.83. The summed E-state index contributed by atoms with van der Waals surface area (Å²) in [5.74, 6) is -0.597. The number of sulfonamides is 1. The number of aromatic nitrogens is 1. The monoisotopic (exact) mass is 308 g/mol. The molecule has 0 saturated heterocycles. The van der Waals surface area contributed by atoms with Crippen LogP contribution in [0.4, 0.5) is 4.39 Å². The van der Waals surface area contributed by atoms with Crippen molar-refractivity contribution in [1.29, 1.82) is 0 Å². The van der Waals surface area contributed by atoms with E-state index >= 15 is 0 Å². The van der Waals surface area contributed by atoms with E-state index in [-0.39, 0.29) is 10.5 Å². The van der Waals surface area contributed by atoms with Crippen LogP contribution in [0.5, 0.6) is 0 Å². The Hall–Kier alpha value is -1.79. The second-order valence-corrected chi connectivity index (χ2v) is 7.36. The van der Waals surface area contributed by atoms with Crippen LogP contribution in [-0.2, 0) is 10.0 Å². The summed E-state index contributed by atoms with van der Waals surface area (Å²) in [6.45, 7) is 5.19. The third kappa shape index (κ3) is 3.65. The maximum atomic E-state index is 14.2. The molecule has 4 nitrogen and oxygen atoms in total. The van der Waals surface area contributed by atoms with E-state index in [1.54, 1.807) is 39.1 Å². The van der Waals surface area contributed by atoms with Crippen molar-refractivity contribution in [2.45, 2.75) is 31.2 Å². The highest BCUT2D eigenvalue weighted by atomic mass is 32.2. The van der Waals surface area contributed by atoms with E-state index in [9.17, 15) is 12.8 Å². The molecule has 2 rings (SSSR count). The fourth-order valence-electron chi connectivity index (χ4n) is 1.98. The molecule has 0 amide bonds. The van der Waals surface area contributed by atoms with E-state index in [4.69, 9.17) is 0 Å². The summed E-state index contributed by atoms with van der Waals surface area (Å²) in [7, 11) is -3.84. The zero-order valence-electron chi connectivity index (χ0n) is 12.1. The van der Waals surface area contributed by atoms with Crippen molar-refractivity contribution in [2.75, 3.05) is 0 Å². The molecule has 0 spiro atoms. The molecule has 0 atom stereocenters. The van der Waals surface area contributed by atoms with Crippen LogP contribution in [0.2, 0.25) is 0 Å². The third-order valence-electron chi connectivity index (χ3n) is 2.66. The number of benzene rings is 1. The first-order valence-corrected chi connectivity index (χ1v) is 7.92. The predicted octanol–water partition coefficient (Wildman–Crippen LogP) is 2.96. The van der Waals surface area contributed by atoms with E-state index in [1.807, 2.05) is 0 Å². The quantitative estimate of drug-likeness (QED) is 0.948. The van der Waals surface area contributed by atoms with Crippen molar-refractivity contribution in [3.63, 3.8) is 0 Å². The molecule has 0 aliphatic carbocycles. The molecule has 1 N–H and O–H groups in total. The van der Waals surface area contributed by atoms with Crippen molar-refractivity contribution in [3.8, 4) is 11.1 Å². The Morgan fingerprint density at radius 3 is 2.43 bits per heavy atom. The molecule has 6 heteroatoms. The molecule has 0 aliphatic heterocycles. The van der Waals surface area contributed by atoms with Crippen LogP contribution in [0.3, 0.4) is 0 Å². The zero-order chi connectivity index (χ0) is 15.7. The van der Waals surface area contributed by atoms with Gasteiger partial charge in [-0.2, -0.15) is 0 Å². The Balaban J connectivity index is 2.64. The van der Waals surface area contributed by atoms with Crippen LogP contribution in [0.15, 0.2) is 47.6 Å². The molecule has 1 heterocycles. The summed E-state index contributed by atoms with van der Waals surface area (Å²) in [5, 5.41) is 0. The van der Waals surface area contributed by atoms with Crippen molar-refractivity contribution in [3.05, 3.63) is 48.5 Å². The molecule has 0 radical (unpaired) electrons. The second kappa shape index (κ2) is 5.54. The van der Waals surface area contributed by atoms with Gasteiger partial charge in [0.05, 0.1) is 4.90 Å². The molecule has 112 valence electrons. The first-order chi connectivity index (χ1) is 9.71. The van der Waals surface area contributed by atoms with Gasteiger partial charge in [0.15, 0.2) is 0 Å². The molecule has 1 aromatic carbocycles. The largest absolute Gasteiger partial charge is 0.264 e. The predicted molar refractivity (Wildman–Crippen MR) is 79.7 cm³/mol. The Kier molecular flexibility index (Phi) is 4.11. The lowest BCUT2D eigenvalue weighted by Crippen LogP contribution is -2.40. The first kappa shape index (κ1) is 15.6. The highest BCUT2D eigenvalue weighted by molar-refractivity contribution is 7.89. The van der Waals surface area contributed by atoms with Gasteiger partial charge in [-0.15, -0.1) is 0 Å². The van der Waals surface area contributed by atoms with Crippen LogP contribution >= 0.6 is 0 Å². The summed E-state index contributed by atoms with van der Waals surface area (Å²) < 4.78 is 41.7. The van der Waals surface area contributed by atoms with E-state index in [2.05, 4.69) is 9.71 Å². The molecular formula is C15H17FN2O2S. The summed E-state index contributed by atoms with van der Waals surface area (Å²) in [5.41, 5.74) is -0.204. The summed E-state index contributed by atoms with van der Waals surface area (Å²) >= 11 is 0. The molecule has 0 unspecified atom stereocenters. The molecule has 0 saturated carbocycles. The van der Waals surface area contributed by atoms with Crippen LogP contribution in [0.25, 0.3) is 11.1 Å². The molecule has 0 aliphatic rings. The van der Waals surface area contributed by atoms with E-state index < -0.39 is 21.4 Å². The normalized spacial score (nSPS) is 12.4. The van der Waals surface area contributed by atoms with Crippen LogP contribution in [-0.4, -0.2) is 18.9 Å². The van der Waals surface area contributed by atoms with Crippen molar-refractivity contribution in [2.24, 2.45) is 0 Å². The number of halogens is 1. The first-order valence-electron chi connectivity index (χ1n) is 6.43. The van der Waals surface area contributed by atoms with Crippen LogP contribution < -0.4 is 4.72 Å². The van der Waals surface area contributed by atoms with Gasteiger partial charge in [0.1, 0.15) is 5.82 Å². The molecule has 21 heavy (non-hydrogen) atoms. The Bertz CT molecular complexity index is 738. The van der Waals surface area contributed by atoms with Gasteiger partial charge >= 0.3 is 0 Å². The van der Waals surface area contributed by atoms with Gasteiger partial charge in [-0.1, -0.05) is 12.1 Å². The van der Waals surface area contributed by atoms with E-state index in [1.165, 1.54) is 24.4 Å². The van der Waals surface area contributed by atoms with Gasteiger partial charge in [-0.05, 0) is 39.0 Å². The number of rotatable bonds is 3. The van der Waals surface area contributed by atoms with Gasteiger partial charge in [0.25, 0.3) is 0 Å². The fourth-order valence-corrected chi connectivity index (χ4v) is 3.64. The van der Waals surface area contributed by atoms with E-state index in [0.717, 1.165) is 0 Å². The van der Waals surface area contributed by atoms with Crippen LogP contribution in [0.1, 0.15) is 20.8 Å². The maximum absolute atomic E-state index is 14.2. The molecule has 0 fully saturated rings. The molecular weight excluding hydrogens is 291 g/mol. The minimum atomic E-state index is -3.84. The van der Waals surface area contributed by atoms with E-state index in [0.29, 0.717) is 5.56 Å². The topological polar surface area (TPSA) is 59.1 Å². The average Bonchev–Trinajstić information content (AvgIpc) is 2.36. The number of nitrogens with zero attached hydrogens (tertiary/aromatic N) is 1. The lowest BCUT2D eigenvalue weighted by atomic mass is 10.1. The Morgan fingerprint density at radius 2 is 1.86 bits per heavy atom. The Morgan fingerprint density at radius 1 is 1.14 bits per heavy atom. The summed E-state index contributed by atoms with van der Waals surface area (Å²) in [6.07, 6.45) is 2.99. The molecule has 1 aromatic heterocycles. The summed E-state index contributed by atoms with van der Waals surface area (Å²) in [6, 6.07) is 7.27. The highest BCUT2D eigenvalue weighted by Crippen LogP contribution is 2.30.